The molecule has 1 saturated heterocycles. The zero-order valence-corrected chi connectivity index (χ0v) is 13.3. The predicted octanol–water partition coefficient (Wildman–Crippen LogP) is 1.75. The van der Waals surface area contributed by atoms with E-state index < -0.39 is 0 Å². The van der Waals surface area contributed by atoms with Crippen LogP contribution in [-0.2, 0) is 19.1 Å². The second-order valence-electron chi connectivity index (χ2n) is 4.85. The third kappa shape index (κ3) is 7.99. The Bertz CT molecular complexity index is 620. The molecule has 0 aromatic carbocycles. The molecular weight excluding hydrogens is 324 g/mol. The Morgan fingerprint density at radius 3 is 2.28 bits per heavy atom. The highest BCUT2D eigenvalue weighted by Crippen LogP contribution is 2.07. The number of carbonyl (C=O) groups is 3. The van der Waals surface area contributed by atoms with Crippen LogP contribution in [0.5, 0.6) is 0 Å². The van der Waals surface area contributed by atoms with Crippen LogP contribution in [0.1, 0.15) is 26.7 Å². The summed E-state index contributed by atoms with van der Waals surface area (Å²) in [5.41, 5.74) is 5.78. The van der Waals surface area contributed by atoms with Crippen molar-refractivity contribution in [2.75, 3.05) is 19.8 Å². The van der Waals surface area contributed by atoms with E-state index in [1.165, 1.54) is 12.2 Å². The van der Waals surface area contributed by atoms with E-state index >= 15 is 0 Å². The second kappa shape index (κ2) is 11.6. The monoisotopic (exact) mass is 348 g/mol. The average molecular weight is 348 g/mol. The molecule has 7 nitrogen and oxygen atoms in total. The van der Waals surface area contributed by atoms with Gasteiger partial charge in [0.1, 0.15) is 5.76 Å². The van der Waals surface area contributed by atoms with E-state index in [0.29, 0.717) is 19.4 Å². The van der Waals surface area contributed by atoms with Gasteiger partial charge in [-0.05, 0) is 0 Å². The second-order valence-corrected chi connectivity index (χ2v) is 4.85. The van der Waals surface area contributed by atoms with E-state index in [2.05, 4.69) is 29.9 Å². The summed E-state index contributed by atoms with van der Waals surface area (Å²) in [5, 5.41) is 11.6. The highest BCUT2D eigenvalue weighted by atomic mass is 16.5. The molecule has 136 valence electrons. The molecule has 2 rings (SSSR count). The van der Waals surface area contributed by atoms with Gasteiger partial charge in [0.25, 0.3) is 11.8 Å². The van der Waals surface area contributed by atoms with Gasteiger partial charge in [0.15, 0.2) is 0 Å². The van der Waals surface area contributed by atoms with Crippen LogP contribution in [0.2, 0.25) is 0 Å². The molecule has 0 spiro atoms. The molecule has 2 aliphatic rings. The molecule has 7 heteroatoms. The molecule has 2 aliphatic heterocycles. The number of hydrogen-bond acceptors (Lipinski definition) is 5. The lowest BCUT2D eigenvalue weighted by Crippen LogP contribution is -2.33. The lowest BCUT2D eigenvalue weighted by atomic mass is 10.3. The van der Waals surface area contributed by atoms with Gasteiger partial charge in [-0.15, -0.1) is 5.73 Å². The number of hydrogen-bond donors (Lipinski definition) is 2. The van der Waals surface area contributed by atoms with Crippen molar-refractivity contribution >= 4 is 17.7 Å². The van der Waals surface area contributed by atoms with Crippen molar-refractivity contribution in [1.82, 2.24) is 10.2 Å². The van der Waals surface area contributed by atoms with Crippen LogP contribution in [0, 0.1) is 0 Å². The van der Waals surface area contributed by atoms with Crippen molar-refractivity contribution in [2.45, 2.75) is 26.7 Å². The minimum Gasteiger partial charge on any atom is -0.505 e. The van der Waals surface area contributed by atoms with E-state index in [4.69, 9.17) is 9.84 Å². The van der Waals surface area contributed by atoms with Gasteiger partial charge in [0.2, 0.25) is 5.91 Å². The predicted molar refractivity (Wildman–Crippen MR) is 93.3 cm³/mol. The molecule has 3 amide bonds. The summed E-state index contributed by atoms with van der Waals surface area (Å²) in [6.45, 7) is 7.45. The summed E-state index contributed by atoms with van der Waals surface area (Å²) in [4.78, 5) is 33.7. The summed E-state index contributed by atoms with van der Waals surface area (Å²) in [6.07, 6.45) is 4.16. The third-order valence-corrected chi connectivity index (χ3v) is 3.15. The van der Waals surface area contributed by atoms with Gasteiger partial charge in [0, 0.05) is 31.4 Å². The van der Waals surface area contributed by atoms with Crippen molar-refractivity contribution in [3.05, 3.63) is 48.2 Å². The zero-order valence-electron chi connectivity index (χ0n) is 13.3. The molecule has 0 aliphatic carbocycles. The van der Waals surface area contributed by atoms with Crippen LogP contribution in [0.25, 0.3) is 0 Å². The van der Waals surface area contributed by atoms with E-state index in [1.54, 1.807) is 0 Å². The Hall–Kier alpha value is -2.85. The smallest absolute Gasteiger partial charge is 0.253 e. The Balaban J connectivity index is 0.000000540. The van der Waals surface area contributed by atoms with E-state index in [9.17, 15) is 14.4 Å². The average Bonchev–Trinajstić information content (AvgIpc) is 3.14. The number of nitrogens with one attached hydrogen (secondary N) is 1. The molecule has 0 atom stereocenters. The summed E-state index contributed by atoms with van der Waals surface area (Å²) in [6, 6.07) is 0. The topological polar surface area (TPSA) is 95.9 Å². The van der Waals surface area contributed by atoms with Crippen molar-refractivity contribution in [3.8, 4) is 0 Å². The maximum Gasteiger partial charge on any atom is 0.253 e. The fourth-order valence-electron chi connectivity index (χ4n) is 1.83. The number of aliphatic hydroxyl groups excluding tert-OH is 1. The Morgan fingerprint density at radius 1 is 1.20 bits per heavy atom. The summed E-state index contributed by atoms with van der Waals surface area (Å²) < 4.78 is 5.14. The number of carbonyl (C=O) groups excluding carboxylic acids is 3. The number of rotatable bonds is 6. The normalized spacial score (nSPS) is 15.0. The fourth-order valence-corrected chi connectivity index (χ4v) is 1.83. The minimum absolute atomic E-state index is 0. The Morgan fingerprint density at radius 2 is 1.84 bits per heavy atom. The lowest BCUT2D eigenvalue weighted by molar-refractivity contribution is -0.137. The number of ether oxygens (including phenoxy) is 1. The Kier molecular flexibility index (Phi) is 10.3. The first-order valence-electron chi connectivity index (χ1n) is 7.36. The molecule has 2 heterocycles. The minimum atomic E-state index is -0.317. The van der Waals surface area contributed by atoms with Gasteiger partial charge < -0.3 is 15.2 Å². The molecule has 0 bridgehead atoms. The van der Waals surface area contributed by atoms with E-state index in [-0.39, 0.29) is 44.1 Å². The van der Waals surface area contributed by atoms with Crippen molar-refractivity contribution in [2.24, 2.45) is 0 Å². The van der Waals surface area contributed by atoms with Crippen LogP contribution in [0.15, 0.2) is 48.2 Å². The van der Waals surface area contributed by atoms with Crippen LogP contribution in [-0.4, -0.2) is 47.5 Å². The summed E-state index contributed by atoms with van der Waals surface area (Å²) in [7, 11) is 0. The first kappa shape index (κ1) is 22.1. The third-order valence-electron chi connectivity index (χ3n) is 3.15. The summed E-state index contributed by atoms with van der Waals surface area (Å²) >= 11 is 0. The van der Waals surface area contributed by atoms with Gasteiger partial charge in [-0.2, -0.15) is 0 Å². The van der Waals surface area contributed by atoms with E-state index in [1.807, 2.05) is 0 Å². The van der Waals surface area contributed by atoms with Gasteiger partial charge in [-0.25, -0.2) is 0 Å². The lowest BCUT2D eigenvalue weighted by Gasteiger charge is -2.13. The first-order valence-corrected chi connectivity index (χ1v) is 7.36. The molecule has 0 saturated carbocycles. The standard InChI is InChI=1S/C11H13NO4.C6H7NO.CH4/c1-2-9(13)5-7-16-8-6-12-10(14)3-4-11(12)15;1-2-5-3-4-6(8)7-5;/h3-4,13H,1,5-8H2;1,3-4H2,(H,7,8);1H4. The van der Waals surface area contributed by atoms with Gasteiger partial charge >= 0.3 is 0 Å². The number of amides is 3. The van der Waals surface area contributed by atoms with Crippen LogP contribution >= 0.6 is 0 Å². The molecule has 2 N–H and O–H groups in total. The molecule has 25 heavy (non-hydrogen) atoms. The molecule has 0 aromatic rings. The molecule has 0 radical (unpaired) electrons. The molecular formula is C18H24N2O5. The number of imide groups is 1. The number of allylic oxidation sites excluding steroid dienone is 1. The zero-order chi connectivity index (χ0) is 17.9. The molecule has 0 unspecified atom stereocenters. The van der Waals surface area contributed by atoms with Crippen LogP contribution in [0.4, 0.5) is 0 Å². The number of nitrogens with zero attached hydrogens (tertiary/aromatic N) is 1. The fraction of sp³-hybridized carbons (Fsp3) is 0.389. The van der Waals surface area contributed by atoms with Crippen molar-refractivity contribution in [1.29, 1.82) is 0 Å². The maximum absolute atomic E-state index is 11.1. The van der Waals surface area contributed by atoms with Crippen molar-refractivity contribution in [3.63, 3.8) is 0 Å². The highest BCUT2D eigenvalue weighted by Gasteiger charge is 2.22. The first-order chi connectivity index (χ1) is 11.5. The summed E-state index contributed by atoms with van der Waals surface area (Å²) in [5.74, 6) is -0.518. The van der Waals surface area contributed by atoms with Gasteiger partial charge in [-0.3, -0.25) is 19.3 Å². The van der Waals surface area contributed by atoms with Gasteiger partial charge in [-0.1, -0.05) is 26.3 Å². The van der Waals surface area contributed by atoms with Crippen LogP contribution in [0.3, 0.4) is 0 Å². The van der Waals surface area contributed by atoms with Gasteiger partial charge in [0.05, 0.1) is 25.5 Å². The maximum atomic E-state index is 11.1. The van der Waals surface area contributed by atoms with Crippen LogP contribution < -0.4 is 5.32 Å². The Labute approximate surface area is 147 Å². The SMILES string of the molecule is C.C=C=C(O)CCOCCN1C(=O)C=CC1=O.C=C=C1CCC(=O)N1. The van der Waals surface area contributed by atoms with E-state index in [0.717, 1.165) is 17.0 Å². The quantitative estimate of drug-likeness (QED) is 0.330. The molecule has 1 fully saturated rings. The number of aliphatic hydroxyl groups is 1. The van der Waals surface area contributed by atoms with Crippen molar-refractivity contribution < 1.29 is 24.2 Å². The molecule has 0 aromatic heterocycles. The highest BCUT2D eigenvalue weighted by molar-refractivity contribution is 6.12. The largest absolute Gasteiger partial charge is 0.505 e.